The molecule has 1 heterocycles. The average Bonchev–Trinajstić information content (AvgIpc) is 2.64. The van der Waals surface area contributed by atoms with E-state index < -0.39 is 12.0 Å². The number of hydrogen-bond acceptors (Lipinski definition) is 3. The second-order valence-electron chi connectivity index (χ2n) is 4.29. The van der Waals surface area contributed by atoms with Crippen molar-refractivity contribution in [2.45, 2.75) is 25.3 Å². The molecular weight excluding hydrogens is 252 g/mol. The molecule has 0 amide bonds. The van der Waals surface area contributed by atoms with Crippen LogP contribution in [0.2, 0.25) is 5.02 Å². The molecule has 0 spiro atoms. The molecule has 0 aromatic heterocycles. The van der Waals surface area contributed by atoms with Crippen LogP contribution < -0.4 is 15.2 Å². The molecule has 0 radical (unpaired) electrons. The molecule has 3 nitrogen and oxygen atoms in total. The summed E-state index contributed by atoms with van der Waals surface area (Å²) in [4.78, 5) is 0. The normalized spacial score (nSPS) is 17.3. The molecule has 1 aliphatic rings. The van der Waals surface area contributed by atoms with E-state index in [1.165, 1.54) is 6.92 Å². The summed E-state index contributed by atoms with van der Waals surface area (Å²) < 4.78 is 35.6. The van der Waals surface area contributed by atoms with E-state index in [9.17, 15) is 8.78 Å². The van der Waals surface area contributed by atoms with Crippen LogP contribution in [0.25, 0.3) is 0 Å². The Morgan fingerprint density at radius 2 is 2.18 bits per heavy atom. The average molecular weight is 264 g/mol. The molecule has 0 aliphatic carbocycles. The maximum absolute atomic E-state index is 12.7. The van der Waals surface area contributed by atoms with Gasteiger partial charge in [-0.25, -0.2) is 8.78 Å². The number of ether oxygens (including phenoxy) is 2. The fourth-order valence-corrected chi connectivity index (χ4v) is 1.93. The van der Waals surface area contributed by atoms with Gasteiger partial charge in [0.05, 0.1) is 10.6 Å². The topological polar surface area (TPSA) is 44.5 Å². The molecule has 1 unspecified atom stereocenters. The van der Waals surface area contributed by atoms with Gasteiger partial charge in [-0.3, -0.25) is 0 Å². The van der Waals surface area contributed by atoms with E-state index in [0.29, 0.717) is 22.1 Å². The Balaban J connectivity index is 2.26. The number of hydrogen-bond donors (Lipinski definition) is 1. The lowest BCUT2D eigenvalue weighted by molar-refractivity contribution is 0.0639. The quantitative estimate of drug-likeness (QED) is 0.912. The molecule has 6 heteroatoms. The Hall–Kier alpha value is -1.07. The third-order valence-electron chi connectivity index (χ3n) is 2.57. The summed E-state index contributed by atoms with van der Waals surface area (Å²) in [6.45, 7) is 1.39. The Labute approximate surface area is 102 Å². The first kappa shape index (κ1) is 12.4. The predicted molar refractivity (Wildman–Crippen MR) is 59.9 cm³/mol. The van der Waals surface area contributed by atoms with Gasteiger partial charge in [0.2, 0.25) is 6.79 Å². The van der Waals surface area contributed by atoms with Gasteiger partial charge in [-0.05, 0) is 31.0 Å². The van der Waals surface area contributed by atoms with Crippen molar-refractivity contribution in [2.75, 3.05) is 6.79 Å². The van der Waals surface area contributed by atoms with Crippen LogP contribution in [0.5, 0.6) is 11.5 Å². The molecule has 2 rings (SSSR count). The SMILES string of the molecule is CC(N)(Cc1cc(Cl)c2c(c1)OCO2)C(F)F. The summed E-state index contributed by atoms with van der Waals surface area (Å²) in [7, 11) is 0. The molecule has 0 saturated carbocycles. The van der Waals surface area contributed by atoms with Gasteiger partial charge in [-0.2, -0.15) is 0 Å². The molecule has 1 aliphatic heterocycles. The lowest BCUT2D eigenvalue weighted by Gasteiger charge is -2.23. The summed E-state index contributed by atoms with van der Waals surface area (Å²) in [6.07, 6.45) is -2.59. The summed E-state index contributed by atoms with van der Waals surface area (Å²) in [6, 6.07) is 3.20. The van der Waals surface area contributed by atoms with Crippen molar-refractivity contribution < 1.29 is 18.3 Å². The second-order valence-corrected chi connectivity index (χ2v) is 4.70. The maximum Gasteiger partial charge on any atom is 0.256 e. The molecule has 1 aromatic rings. The zero-order valence-corrected chi connectivity index (χ0v) is 9.93. The van der Waals surface area contributed by atoms with Crippen LogP contribution in [-0.2, 0) is 6.42 Å². The Morgan fingerprint density at radius 1 is 1.47 bits per heavy atom. The lowest BCUT2D eigenvalue weighted by atomic mass is 9.94. The minimum absolute atomic E-state index is 0.0149. The fourth-order valence-electron chi connectivity index (χ4n) is 1.64. The summed E-state index contributed by atoms with van der Waals surface area (Å²) >= 11 is 5.95. The third kappa shape index (κ3) is 2.45. The fraction of sp³-hybridized carbons (Fsp3) is 0.455. The number of nitrogens with two attached hydrogens (primary N) is 1. The van der Waals surface area contributed by atoms with Gasteiger partial charge in [-0.15, -0.1) is 0 Å². The van der Waals surface area contributed by atoms with Crippen molar-refractivity contribution in [1.82, 2.24) is 0 Å². The van der Waals surface area contributed by atoms with E-state index in [1.54, 1.807) is 12.1 Å². The summed E-state index contributed by atoms with van der Waals surface area (Å²) in [5.74, 6) is 0.920. The standard InChI is InChI=1S/C11H12ClF2NO2/c1-11(15,10(13)14)4-6-2-7(12)9-8(3-6)16-5-17-9/h2-3,10H,4-5,15H2,1H3. The van der Waals surface area contributed by atoms with Crippen LogP contribution in [0.4, 0.5) is 8.78 Å². The highest BCUT2D eigenvalue weighted by Crippen LogP contribution is 2.40. The highest BCUT2D eigenvalue weighted by atomic mass is 35.5. The largest absolute Gasteiger partial charge is 0.454 e. The molecule has 0 saturated heterocycles. The number of benzene rings is 1. The molecule has 1 aromatic carbocycles. The zero-order chi connectivity index (χ0) is 12.6. The first-order valence-electron chi connectivity index (χ1n) is 5.05. The second kappa shape index (κ2) is 4.31. The maximum atomic E-state index is 12.7. The van der Waals surface area contributed by atoms with Crippen LogP contribution in [0, 0.1) is 0 Å². The van der Waals surface area contributed by atoms with Crippen molar-refractivity contribution in [1.29, 1.82) is 0 Å². The van der Waals surface area contributed by atoms with Crippen LogP contribution in [0.3, 0.4) is 0 Å². The van der Waals surface area contributed by atoms with Crippen LogP contribution >= 0.6 is 11.6 Å². The lowest BCUT2D eigenvalue weighted by Crippen LogP contribution is -2.45. The van der Waals surface area contributed by atoms with Gasteiger partial charge in [-0.1, -0.05) is 11.6 Å². The van der Waals surface area contributed by atoms with E-state index in [2.05, 4.69) is 0 Å². The Kier molecular flexibility index (Phi) is 3.14. The van der Waals surface area contributed by atoms with Gasteiger partial charge < -0.3 is 15.2 Å². The molecule has 0 bridgehead atoms. The minimum Gasteiger partial charge on any atom is -0.454 e. The Bertz CT molecular complexity index is 438. The van der Waals surface area contributed by atoms with Crippen LogP contribution in [-0.4, -0.2) is 18.8 Å². The van der Waals surface area contributed by atoms with Gasteiger partial charge >= 0.3 is 0 Å². The number of rotatable bonds is 3. The van der Waals surface area contributed by atoms with E-state index in [-0.39, 0.29) is 13.2 Å². The van der Waals surface area contributed by atoms with Crippen molar-refractivity contribution in [3.8, 4) is 11.5 Å². The smallest absolute Gasteiger partial charge is 0.256 e. The van der Waals surface area contributed by atoms with E-state index >= 15 is 0 Å². The number of fused-ring (bicyclic) bond motifs is 1. The van der Waals surface area contributed by atoms with E-state index in [4.69, 9.17) is 26.8 Å². The van der Waals surface area contributed by atoms with Crippen molar-refractivity contribution in [2.24, 2.45) is 5.73 Å². The minimum atomic E-state index is -2.60. The monoisotopic (exact) mass is 263 g/mol. The van der Waals surface area contributed by atoms with Crippen molar-refractivity contribution in [3.05, 3.63) is 22.7 Å². The van der Waals surface area contributed by atoms with Gasteiger partial charge in [0, 0.05) is 0 Å². The highest BCUT2D eigenvalue weighted by Gasteiger charge is 2.31. The third-order valence-corrected chi connectivity index (χ3v) is 2.85. The van der Waals surface area contributed by atoms with Crippen LogP contribution in [0.15, 0.2) is 12.1 Å². The van der Waals surface area contributed by atoms with Crippen molar-refractivity contribution >= 4 is 11.6 Å². The highest BCUT2D eigenvalue weighted by molar-refractivity contribution is 6.32. The first-order chi connectivity index (χ1) is 7.90. The first-order valence-corrected chi connectivity index (χ1v) is 5.43. The van der Waals surface area contributed by atoms with Gasteiger partial charge in [0.25, 0.3) is 6.43 Å². The molecule has 2 N–H and O–H groups in total. The molecular formula is C11H12ClF2NO2. The predicted octanol–water partition coefficient (Wildman–Crippen LogP) is 2.59. The van der Waals surface area contributed by atoms with Crippen molar-refractivity contribution in [3.63, 3.8) is 0 Å². The Morgan fingerprint density at radius 3 is 2.82 bits per heavy atom. The summed E-state index contributed by atoms with van der Waals surface area (Å²) in [5.41, 5.74) is 4.54. The number of alkyl halides is 2. The van der Waals surface area contributed by atoms with E-state index in [1.807, 2.05) is 0 Å². The van der Waals surface area contributed by atoms with Gasteiger partial charge in [0.15, 0.2) is 11.5 Å². The van der Waals surface area contributed by atoms with E-state index in [0.717, 1.165) is 0 Å². The molecule has 0 fully saturated rings. The van der Waals surface area contributed by atoms with Crippen LogP contribution in [0.1, 0.15) is 12.5 Å². The zero-order valence-electron chi connectivity index (χ0n) is 9.17. The van der Waals surface area contributed by atoms with Gasteiger partial charge in [0.1, 0.15) is 0 Å². The molecule has 1 atom stereocenters. The molecule has 94 valence electrons. The molecule has 17 heavy (non-hydrogen) atoms. The number of halogens is 3. The summed E-state index contributed by atoms with van der Waals surface area (Å²) in [5, 5.41) is 0.347.